The Morgan fingerprint density at radius 2 is 1.71 bits per heavy atom. The van der Waals surface area contributed by atoms with Gasteiger partial charge in [-0.15, -0.1) is 0 Å². The van der Waals surface area contributed by atoms with E-state index in [9.17, 15) is 9.00 Å². The molecule has 0 saturated heterocycles. The Kier molecular flexibility index (Phi) is 4.35. The molecule has 2 atom stereocenters. The molecule has 24 heavy (non-hydrogen) atoms. The minimum atomic E-state index is -2.55. The molecule has 3 nitrogen and oxygen atoms in total. The SMILES string of the molecule is CC(C)(C)C(=O)C[C@@H]1C[S@](=O)(c2ccccc2)=Nc2ccccc21. The van der Waals surface area contributed by atoms with Crippen molar-refractivity contribution in [2.75, 3.05) is 5.75 Å². The fraction of sp³-hybridized carbons (Fsp3) is 0.350. The molecule has 1 aliphatic heterocycles. The molecule has 2 aromatic rings. The van der Waals surface area contributed by atoms with Crippen molar-refractivity contribution in [3.05, 3.63) is 60.2 Å². The van der Waals surface area contributed by atoms with Crippen molar-refractivity contribution in [2.45, 2.75) is 38.0 Å². The molecule has 4 heteroatoms. The van der Waals surface area contributed by atoms with E-state index in [1.807, 2.05) is 75.4 Å². The topological polar surface area (TPSA) is 46.5 Å². The summed E-state index contributed by atoms with van der Waals surface area (Å²) < 4.78 is 18.1. The second-order valence-corrected chi connectivity index (χ2v) is 9.61. The third kappa shape index (κ3) is 3.29. The summed E-state index contributed by atoms with van der Waals surface area (Å²) in [5.41, 5.74) is 1.39. The Bertz CT molecular complexity index is 872. The van der Waals surface area contributed by atoms with Gasteiger partial charge in [0.1, 0.15) is 5.78 Å². The quantitative estimate of drug-likeness (QED) is 0.793. The highest BCUT2D eigenvalue weighted by Gasteiger charge is 2.32. The smallest absolute Gasteiger partial charge is 0.138 e. The van der Waals surface area contributed by atoms with Crippen LogP contribution in [0.5, 0.6) is 0 Å². The van der Waals surface area contributed by atoms with Crippen molar-refractivity contribution in [3.63, 3.8) is 0 Å². The summed E-state index contributed by atoms with van der Waals surface area (Å²) in [6.45, 7) is 5.80. The number of rotatable bonds is 3. The highest BCUT2D eigenvalue weighted by atomic mass is 32.2. The van der Waals surface area contributed by atoms with Gasteiger partial charge in [-0.3, -0.25) is 4.79 Å². The van der Waals surface area contributed by atoms with E-state index in [2.05, 4.69) is 4.36 Å². The minimum Gasteiger partial charge on any atom is -0.299 e. The van der Waals surface area contributed by atoms with Gasteiger partial charge in [0.05, 0.1) is 15.4 Å². The van der Waals surface area contributed by atoms with Crippen molar-refractivity contribution < 1.29 is 9.00 Å². The molecule has 1 heterocycles. The number of Topliss-reactive ketones (excluding diaryl/α,β-unsaturated/α-hetero) is 1. The van der Waals surface area contributed by atoms with E-state index in [-0.39, 0.29) is 11.7 Å². The lowest BCUT2D eigenvalue weighted by molar-refractivity contribution is -0.126. The standard InChI is InChI=1S/C20H23NO2S/c1-20(2,3)19(22)13-15-14-24(23,16-9-5-4-6-10-16)21-18-12-8-7-11-17(15)18/h4-12,15H,13-14H2,1-3H3/t15-,24+/m1/s1. The Hall–Kier alpha value is -1.94. The van der Waals surface area contributed by atoms with Crippen molar-refractivity contribution in [1.82, 2.24) is 0 Å². The van der Waals surface area contributed by atoms with Crippen LogP contribution in [0, 0.1) is 5.41 Å². The summed E-state index contributed by atoms with van der Waals surface area (Å²) in [5, 5.41) is 0. The van der Waals surface area contributed by atoms with Crippen LogP contribution in [0.4, 0.5) is 5.69 Å². The summed E-state index contributed by atoms with van der Waals surface area (Å²) in [7, 11) is -2.55. The summed E-state index contributed by atoms with van der Waals surface area (Å²) in [4.78, 5) is 13.3. The van der Waals surface area contributed by atoms with Crippen molar-refractivity contribution in [1.29, 1.82) is 0 Å². The van der Waals surface area contributed by atoms with Gasteiger partial charge in [0.2, 0.25) is 0 Å². The van der Waals surface area contributed by atoms with Crippen molar-refractivity contribution in [3.8, 4) is 0 Å². The van der Waals surface area contributed by atoms with Crippen LogP contribution in [0.2, 0.25) is 0 Å². The summed E-state index contributed by atoms with van der Waals surface area (Å²) >= 11 is 0. The van der Waals surface area contributed by atoms with Crippen LogP contribution < -0.4 is 0 Å². The second-order valence-electron chi connectivity index (χ2n) is 7.34. The van der Waals surface area contributed by atoms with Gasteiger partial charge in [0.25, 0.3) is 0 Å². The highest BCUT2D eigenvalue weighted by molar-refractivity contribution is 7.93. The summed E-state index contributed by atoms with van der Waals surface area (Å²) in [6.07, 6.45) is 0.403. The van der Waals surface area contributed by atoms with E-state index in [1.54, 1.807) is 0 Å². The van der Waals surface area contributed by atoms with E-state index < -0.39 is 15.1 Å². The summed E-state index contributed by atoms with van der Waals surface area (Å²) in [6, 6.07) is 17.2. The molecule has 0 aliphatic carbocycles. The van der Waals surface area contributed by atoms with Crippen molar-refractivity contribution >= 4 is 21.2 Å². The number of fused-ring (bicyclic) bond motifs is 1. The van der Waals surface area contributed by atoms with Gasteiger partial charge in [-0.05, 0) is 23.8 Å². The number of benzene rings is 2. The fourth-order valence-corrected chi connectivity index (χ4v) is 5.24. The van der Waals surface area contributed by atoms with Crippen molar-refractivity contribution in [2.24, 2.45) is 9.78 Å². The normalized spacial score (nSPS) is 23.2. The molecule has 0 fully saturated rings. The monoisotopic (exact) mass is 341 g/mol. The number of carbonyl (C=O) groups excluding carboxylic acids is 1. The first-order chi connectivity index (χ1) is 11.3. The third-order valence-electron chi connectivity index (χ3n) is 4.43. The maximum atomic E-state index is 13.5. The van der Waals surface area contributed by atoms with Crippen LogP contribution in [0.25, 0.3) is 0 Å². The fourth-order valence-electron chi connectivity index (χ4n) is 2.96. The Balaban J connectivity index is 2.06. The molecule has 2 aromatic carbocycles. The average Bonchev–Trinajstić information content (AvgIpc) is 2.54. The van der Waals surface area contributed by atoms with Gasteiger partial charge < -0.3 is 0 Å². The van der Waals surface area contributed by atoms with E-state index in [4.69, 9.17) is 0 Å². The first-order valence-corrected chi connectivity index (χ1v) is 9.90. The molecule has 0 radical (unpaired) electrons. The molecule has 0 spiro atoms. The van der Waals surface area contributed by atoms with E-state index in [1.165, 1.54) is 0 Å². The van der Waals surface area contributed by atoms with Crippen LogP contribution in [0.3, 0.4) is 0 Å². The van der Waals surface area contributed by atoms with Crippen LogP contribution in [-0.2, 0) is 14.5 Å². The third-order valence-corrected chi connectivity index (χ3v) is 6.78. The molecule has 1 aliphatic rings. The zero-order chi connectivity index (χ0) is 17.4. The van der Waals surface area contributed by atoms with Gasteiger partial charge in [-0.25, -0.2) is 4.21 Å². The predicted octanol–water partition coefficient (Wildman–Crippen LogP) is 4.95. The highest BCUT2D eigenvalue weighted by Crippen LogP contribution is 2.40. The lowest BCUT2D eigenvalue weighted by Gasteiger charge is -2.28. The maximum absolute atomic E-state index is 13.5. The molecule has 0 bridgehead atoms. The molecule has 0 unspecified atom stereocenters. The van der Waals surface area contributed by atoms with E-state index in [0.29, 0.717) is 12.2 Å². The zero-order valence-corrected chi connectivity index (χ0v) is 15.2. The molecular weight excluding hydrogens is 318 g/mol. The van der Waals surface area contributed by atoms with Crippen LogP contribution in [0.15, 0.2) is 63.9 Å². The molecule has 0 N–H and O–H groups in total. The van der Waals surface area contributed by atoms with Gasteiger partial charge in [0, 0.05) is 28.4 Å². The number of hydrogen-bond acceptors (Lipinski definition) is 3. The molecule has 0 amide bonds. The lowest BCUT2D eigenvalue weighted by atomic mass is 9.83. The van der Waals surface area contributed by atoms with Gasteiger partial charge in [0.15, 0.2) is 0 Å². The second kappa shape index (κ2) is 6.17. The number of hydrogen-bond donors (Lipinski definition) is 0. The van der Waals surface area contributed by atoms with Gasteiger partial charge in [-0.2, -0.15) is 4.36 Å². The van der Waals surface area contributed by atoms with E-state index in [0.717, 1.165) is 16.1 Å². The predicted molar refractivity (Wildman–Crippen MR) is 98.1 cm³/mol. The zero-order valence-electron chi connectivity index (χ0n) is 14.4. The summed E-state index contributed by atoms with van der Waals surface area (Å²) in [5.74, 6) is 0.535. The largest absolute Gasteiger partial charge is 0.299 e. The van der Waals surface area contributed by atoms with Crippen LogP contribution >= 0.6 is 0 Å². The molecule has 0 aromatic heterocycles. The Morgan fingerprint density at radius 1 is 1.08 bits per heavy atom. The van der Waals surface area contributed by atoms with Gasteiger partial charge >= 0.3 is 0 Å². The maximum Gasteiger partial charge on any atom is 0.138 e. The minimum absolute atomic E-state index is 0.0573. The first-order valence-electron chi connectivity index (χ1n) is 8.22. The molecule has 0 saturated carbocycles. The molecule has 3 rings (SSSR count). The van der Waals surface area contributed by atoms with Gasteiger partial charge in [-0.1, -0.05) is 57.2 Å². The Labute approximate surface area is 144 Å². The van der Waals surface area contributed by atoms with Crippen LogP contribution in [-0.4, -0.2) is 15.7 Å². The average molecular weight is 341 g/mol. The van der Waals surface area contributed by atoms with Crippen LogP contribution in [0.1, 0.15) is 38.7 Å². The Morgan fingerprint density at radius 3 is 2.38 bits per heavy atom. The molecular formula is C20H23NO2S. The first kappa shape index (κ1) is 16.9. The lowest BCUT2D eigenvalue weighted by Crippen LogP contribution is -2.26. The number of carbonyl (C=O) groups is 1. The number of nitrogens with zero attached hydrogens (tertiary/aromatic N) is 1. The number of ketones is 1. The van der Waals surface area contributed by atoms with E-state index >= 15 is 0 Å². The molecule has 126 valence electrons.